The normalized spacial score (nSPS) is 16.6. The van der Waals surface area contributed by atoms with Crippen LogP contribution in [0.15, 0.2) is 18.2 Å². The molecule has 1 N–H and O–H groups in total. The van der Waals surface area contributed by atoms with Crippen LogP contribution >= 0.6 is 23.2 Å². The Morgan fingerprint density at radius 3 is 2.71 bits per heavy atom. The molecule has 1 aromatic rings. The molecule has 2 nitrogen and oxygen atoms in total. The molecule has 5 heteroatoms. The SMILES string of the molecule is O=C(NCC1(CCl)CC1)c1ccc(F)cc1Cl. The first-order chi connectivity index (χ1) is 8.06. The van der Waals surface area contributed by atoms with Gasteiger partial charge in [-0.1, -0.05) is 11.6 Å². The molecule has 0 aliphatic heterocycles. The van der Waals surface area contributed by atoms with Crippen LogP contribution < -0.4 is 5.32 Å². The van der Waals surface area contributed by atoms with E-state index in [1.54, 1.807) is 0 Å². The highest BCUT2D eigenvalue weighted by Gasteiger charge is 2.41. The largest absolute Gasteiger partial charge is 0.351 e. The van der Waals surface area contributed by atoms with Crippen molar-refractivity contribution < 1.29 is 9.18 Å². The minimum Gasteiger partial charge on any atom is -0.351 e. The lowest BCUT2D eigenvalue weighted by atomic mass is 10.1. The summed E-state index contributed by atoms with van der Waals surface area (Å²) >= 11 is 11.6. The zero-order valence-electron chi connectivity index (χ0n) is 9.10. The smallest absolute Gasteiger partial charge is 0.252 e. The molecule has 0 heterocycles. The van der Waals surface area contributed by atoms with Gasteiger partial charge in [-0.3, -0.25) is 4.79 Å². The van der Waals surface area contributed by atoms with Crippen molar-refractivity contribution in [3.8, 4) is 0 Å². The third-order valence-corrected chi connectivity index (χ3v) is 3.92. The van der Waals surface area contributed by atoms with Crippen LogP contribution in [0.3, 0.4) is 0 Å². The van der Waals surface area contributed by atoms with E-state index >= 15 is 0 Å². The van der Waals surface area contributed by atoms with E-state index < -0.39 is 5.82 Å². The fourth-order valence-electron chi connectivity index (χ4n) is 1.57. The monoisotopic (exact) mass is 275 g/mol. The Kier molecular flexibility index (Phi) is 3.59. The molecule has 0 saturated heterocycles. The van der Waals surface area contributed by atoms with E-state index in [0.717, 1.165) is 18.9 Å². The summed E-state index contributed by atoms with van der Waals surface area (Å²) in [7, 11) is 0. The molecular formula is C12H12Cl2FNO. The summed E-state index contributed by atoms with van der Waals surface area (Å²) in [5.41, 5.74) is 0.349. The number of carbonyl (C=O) groups is 1. The third kappa shape index (κ3) is 2.90. The Morgan fingerprint density at radius 2 is 2.18 bits per heavy atom. The molecule has 1 aliphatic rings. The lowest BCUT2D eigenvalue weighted by molar-refractivity contribution is 0.0946. The molecule has 2 rings (SSSR count). The van der Waals surface area contributed by atoms with E-state index in [1.165, 1.54) is 12.1 Å². The second-order valence-electron chi connectivity index (χ2n) is 4.44. The zero-order valence-corrected chi connectivity index (χ0v) is 10.6. The van der Waals surface area contributed by atoms with Gasteiger partial charge in [0.25, 0.3) is 5.91 Å². The Hall–Kier alpha value is -0.800. The predicted molar refractivity (Wildman–Crippen MR) is 66.1 cm³/mol. The van der Waals surface area contributed by atoms with E-state index in [2.05, 4.69) is 5.32 Å². The average Bonchev–Trinajstić information content (AvgIpc) is 3.07. The number of hydrogen-bond donors (Lipinski definition) is 1. The summed E-state index contributed by atoms with van der Waals surface area (Å²) in [6.07, 6.45) is 2.07. The number of benzene rings is 1. The van der Waals surface area contributed by atoms with Gasteiger partial charge in [0.2, 0.25) is 0 Å². The molecule has 0 aromatic heterocycles. The quantitative estimate of drug-likeness (QED) is 0.840. The Bertz CT molecular complexity index is 446. The minimum atomic E-state index is -0.453. The van der Waals surface area contributed by atoms with Crippen molar-refractivity contribution in [2.45, 2.75) is 12.8 Å². The van der Waals surface area contributed by atoms with Crippen LogP contribution in [0.5, 0.6) is 0 Å². The number of rotatable bonds is 4. The summed E-state index contributed by atoms with van der Waals surface area (Å²) in [6, 6.07) is 3.73. The first-order valence-corrected chi connectivity index (χ1v) is 6.27. The van der Waals surface area contributed by atoms with Gasteiger partial charge in [0.15, 0.2) is 0 Å². The topological polar surface area (TPSA) is 29.1 Å². The minimum absolute atomic E-state index is 0.0592. The maximum absolute atomic E-state index is 12.8. The summed E-state index contributed by atoms with van der Waals surface area (Å²) < 4.78 is 12.8. The molecule has 92 valence electrons. The number of amides is 1. The van der Waals surface area contributed by atoms with Crippen molar-refractivity contribution in [2.24, 2.45) is 5.41 Å². The fraction of sp³-hybridized carbons (Fsp3) is 0.417. The molecular weight excluding hydrogens is 264 g/mol. The average molecular weight is 276 g/mol. The van der Waals surface area contributed by atoms with Gasteiger partial charge in [0.05, 0.1) is 10.6 Å². The number of halogens is 3. The third-order valence-electron chi connectivity index (χ3n) is 3.04. The van der Waals surface area contributed by atoms with Crippen molar-refractivity contribution in [1.82, 2.24) is 5.32 Å². The maximum atomic E-state index is 12.8. The Balaban J connectivity index is 2.00. The van der Waals surface area contributed by atoms with Gasteiger partial charge < -0.3 is 5.32 Å². The molecule has 0 radical (unpaired) electrons. The lowest BCUT2D eigenvalue weighted by Gasteiger charge is -2.12. The summed E-state index contributed by atoms with van der Waals surface area (Å²) in [5, 5.41) is 2.91. The van der Waals surface area contributed by atoms with E-state index in [0.29, 0.717) is 18.0 Å². The van der Waals surface area contributed by atoms with Crippen LogP contribution in [0.4, 0.5) is 4.39 Å². The lowest BCUT2D eigenvalue weighted by Crippen LogP contribution is -2.31. The van der Waals surface area contributed by atoms with Crippen LogP contribution in [-0.4, -0.2) is 18.3 Å². The molecule has 1 aromatic carbocycles. The maximum Gasteiger partial charge on any atom is 0.252 e. The molecule has 1 aliphatic carbocycles. The second-order valence-corrected chi connectivity index (χ2v) is 5.11. The summed E-state index contributed by atoms with van der Waals surface area (Å²) in [4.78, 5) is 11.8. The van der Waals surface area contributed by atoms with Gasteiger partial charge in [0, 0.05) is 17.8 Å². The van der Waals surface area contributed by atoms with Crippen LogP contribution in [0.25, 0.3) is 0 Å². The van der Waals surface area contributed by atoms with E-state index in [1.807, 2.05) is 0 Å². The number of carbonyl (C=O) groups excluding carboxylic acids is 1. The van der Waals surface area contributed by atoms with Crippen molar-refractivity contribution in [3.05, 3.63) is 34.6 Å². The second kappa shape index (κ2) is 4.83. The Labute approximate surface area is 109 Å². The van der Waals surface area contributed by atoms with E-state index in [9.17, 15) is 9.18 Å². The molecule has 0 unspecified atom stereocenters. The first kappa shape index (κ1) is 12.7. The molecule has 17 heavy (non-hydrogen) atoms. The van der Waals surface area contributed by atoms with Gasteiger partial charge in [-0.2, -0.15) is 0 Å². The molecule has 1 fully saturated rings. The van der Waals surface area contributed by atoms with Crippen molar-refractivity contribution in [1.29, 1.82) is 0 Å². The van der Waals surface area contributed by atoms with Crippen molar-refractivity contribution in [3.63, 3.8) is 0 Å². The molecule has 0 bridgehead atoms. The molecule has 0 atom stereocenters. The van der Waals surface area contributed by atoms with Crippen LogP contribution in [0.1, 0.15) is 23.2 Å². The van der Waals surface area contributed by atoms with Gasteiger partial charge in [-0.05, 0) is 31.0 Å². The first-order valence-electron chi connectivity index (χ1n) is 5.36. The van der Waals surface area contributed by atoms with Crippen LogP contribution in [-0.2, 0) is 0 Å². The van der Waals surface area contributed by atoms with Gasteiger partial charge in [-0.25, -0.2) is 4.39 Å². The highest BCUT2D eigenvalue weighted by atomic mass is 35.5. The summed E-state index contributed by atoms with van der Waals surface area (Å²) in [5.74, 6) is -0.192. The van der Waals surface area contributed by atoms with E-state index in [4.69, 9.17) is 23.2 Å². The van der Waals surface area contributed by atoms with Gasteiger partial charge >= 0.3 is 0 Å². The summed E-state index contributed by atoms with van der Waals surface area (Å²) in [6.45, 7) is 0.545. The number of nitrogens with one attached hydrogen (secondary N) is 1. The highest BCUT2D eigenvalue weighted by Crippen LogP contribution is 2.45. The van der Waals surface area contributed by atoms with Crippen molar-refractivity contribution >= 4 is 29.1 Å². The van der Waals surface area contributed by atoms with Gasteiger partial charge in [0.1, 0.15) is 5.82 Å². The van der Waals surface area contributed by atoms with E-state index in [-0.39, 0.29) is 16.3 Å². The molecule has 0 spiro atoms. The predicted octanol–water partition coefficient (Wildman–Crippen LogP) is 3.23. The fourth-order valence-corrected chi connectivity index (χ4v) is 2.19. The zero-order chi connectivity index (χ0) is 12.5. The van der Waals surface area contributed by atoms with Gasteiger partial charge in [-0.15, -0.1) is 11.6 Å². The molecule has 1 saturated carbocycles. The van der Waals surface area contributed by atoms with Crippen LogP contribution in [0, 0.1) is 11.2 Å². The highest BCUT2D eigenvalue weighted by molar-refractivity contribution is 6.33. The standard InChI is InChI=1S/C12H12Cl2FNO/c13-6-12(3-4-12)7-16-11(17)9-2-1-8(15)5-10(9)14/h1-2,5H,3-4,6-7H2,(H,16,17). The van der Waals surface area contributed by atoms with Crippen molar-refractivity contribution in [2.75, 3.05) is 12.4 Å². The number of hydrogen-bond acceptors (Lipinski definition) is 1. The molecule has 1 amide bonds. The number of alkyl halides is 1. The Morgan fingerprint density at radius 1 is 1.47 bits per heavy atom. The van der Waals surface area contributed by atoms with Crippen LogP contribution in [0.2, 0.25) is 5.02 Å².